The number of rotatable bonds is 7. The standard InChI is InChI=1S/C28H31N7O3/c1-18-11-12-30-22(17-18)32-28(37)20-9-7-19(8-10-20)24-25-26(29)31-13-15-35(25)27(33-24)21-5-3-14-34(21)23(36)6-4-16-38-2/h4,6-13,15,17,21,27,33H,3,5,14,16H2,1-2H3,(H2,29,31)(H,30,32,37)/b6-4+/t21-,27?/m0/s1. The third kappa shape index (κ3) is 5.03. The van der Waals surface area contributed by atoms with Crippen LogP contribution in [0.25, 0.3) is 5.70 Å². The maximum Gasteiger partial charge on any atom is 0.256 e. The van der Waals surface area contributed by atoms with Crippen molar-refractivity contribution in [3.05, 3.63) is 89.5 Å². The van der Waals surface area contributed by atoms with Crippen molar-refractivity contribution >= 4 is 29.2 Å². The number of likely N-dealkylation sites (tertiary alicyclic amines) is 1. The van der Waals surface area contributed by atoms with Crippen LogP contribution in [0.1, 0.15) is 34.3 Å². The quantitative estimate of drug-likeness (QED) is 0.486. The number of amidine groups is 1. The minimum atomic E-state index is -0.241. The molecule has 3 aliphatic rings. The van der Waals surface area contributed by atoms with Gasteiger partial charge in [0.05, 0.1) is 18.3 Å². The minimum Gasteiger partial charge on any atom is -0.382 e. The lowest BCUT2D eigenvalue weighted by Crippen LogP contribution is -2.52. The molecule has 2 amide bonds. The summed E-state index contributed by atoms with van der Waals surface area (Å²) in [7, 11) is 1.60. The molecule has 1 fully saturated rings. The Morgan fingerprint density at radius 1 is 1.26 bits per heavy atom. The number of aliphatic imine (C=N–C) groups is 1. The number of methoxy groups -OCH3 is 1. The molecule has 0 saturated carbocycles. The van der Waals surface area contributed by atoms with Gasteiger partial charge in [0.25, 0.3) is 5.91 Å². The van der Waals surface area contributed by atoms with Crippen molar-refractivity contribution in [1.82, 2.24) is 20.1 Å². The van der Waals surface area contributed by atoms with Crippen LogP contribution >= 0.6 is 0 Å². The second kappa shape index (κ2) is 10.9. The maximum atomic E-state index is 12.9. The molecule has 10 heteroatoms. The third-order valence-corrected chi connectivity index (χ3v) is 6.83. The number of anilines is 1. The Morgan fingerprint density at radius 3 is 2.84 bits per heavy atom. The number of pyridine rings is 1. The van der Waals surface area contributed by atoms with Gasteiger partial charge in [-0.25, -0.2) is 9.98 Å². The lowest BCUT2D eigenvalue weighted by molar-refractivity contribution is -0.127. The zero-order valence-corrected chi connectivity index (χ0v) is 21.4. The Morgan fingerprint density at radius 2 is 2.08 bits per heavy atom. The number of ether oxygens (including phenoxy) is 1. The highest BCUT2D eigenvalue weighted by Gasteiger charge is 2.43. The smallest absolute Gasteiger partial charge is 0.256 e. The van der Waals surface area contributed by atoms with Crippen LogP contribution in [-0.4, -0.2) is 64.9 Å². The van der Waals surface area contributed by atoms with E-state index in [-0.39, 0.29) is 24.0 Å². The number of aryl methyl sites for hydroxylation is 1. The highest BCUT2D eigenvalue weighted by molar-refractivity contribution is 6.06. The molecular weight excluding hydrogens is 482 g/mol. The summed E-state index contributed by atoms with van der Waals surface area (Å²) in [5.74, 6) is 0.614. The van der Waals surface area contributed by atoms with Crippen LogP contribution in [-0.2, 0) is 9.53 Å². The van der Waals surface area contributed by atoms with Crippen LogP contribution in [0.4, 0.5) is 5.82 Å². The van der Waals surface area contributed by atoms with Gasteiger partial charge in [0.2, 0.25) is 5.91 Å². The summed E-state index contributed by atoms with van der Waals surface area (Å²) < 4.78 is 5.04. The first kappa shape index (κ1) is 25.2. The van der Waals surface area contributed by atoms with Gasteiger partial charge in [-0.3, -0.25) is 9.59 Å². The van der Waals surface area contributed by atoms with Gasteiger partial charge in [-0.1, -0.05) is 18.2 Å². The van der Waals surface area contributed by atoms with Gasteiger partial charge < -0.3 is 30.9 Å². The van der Waals surface area contributed by atoms with Crippen molar-refractivity contribution in [2.45, 2.75) is 32.0 Å². The van der Waals surface area contributed by atoms with E-state index in [9.17, 15) is 9.59 Å². The molecule has 1 aromatic heterocycles. The molecule has 4 N–H and O–H groups in total. The second-order valence-electron chi connectivity index (χ2n) is 9.38. The van der Waals surface area contributed by atoms with E-state index in [4.69, 9.17) is 10.5 Å². The molecule has 5 rings (SSSR count). The van der Waals surface area contributed by atoms with Gasteiger partial charge >= 0.3 is 0 Å². The SMILES string of the molecule is COC/C=C/C(=O)N1CCC[C@H]1C1NC(c2ccc(C(=O)Nc3cc(C)ccn3)cc2)=C2C(N)=NC=CN21. The van der Waals surface area contributed by atoms with Crippen molar-refractivity contribution in [2.24, 2.45) is 10.7 Å². The van der Waals surface area contributed by atoms with Crippen LogP contribution in [0, 0.1) is 6.92 Å². The molecule has 38 heavy (non-hydrogen) atoms. The Balaban J connectivity index is 1.37. The first-order chi connectivity index (χ1) is 18.5. The van der Waals surface area contributed by atoms with Gasteiger partial charge in [-0.15, -0.1) is 0 Å². The largest absolute Gasteiger partial charge is 0.382 e. The van der Waals surface area contributed by atoms with Crippen LogP contribution in [0.2, 0.25) is 0 Å². The molecule has 1 saturated heterocycles. The number of amides is 2. The van der Waals surface area contributed by atoms with E-state index in [1.54, 1.807) is 43.8 Å². The molecule has 3 aliphatic heterocycles. The van der Waals surface area contributed by atoms with E-state index in [2.05, 4.69) is 25.5 Å². The lowest BCUT2D eigenvalue weighted by Gasteiger charge is -2.35. The van der Waals surface area contributed by atoms with Gasteiger partial charge in [-0.2, -0.15) is 0 Å². The number of hydrogen-bond donors (Lipinski definition) is 3. The molecule has 0 aliphatic carbocycles. The van der Waals surface area contributed by atoms with E-state index in [0.717, 1.165) is 35.4 Å². The van der Waals surface area contributed by atoms with Crippen LogP contribution < -0.4 is 16.4 Å². The molecule has 0 bridgehead atoms. The summed E-state index contributed by atoms with van der Waals surface area (Å²) in [6.07, 6.45) is 10.1. The molecule has 1 unspecified atom stereocenters. The summed E-state index contributed by atoms with van der Waals surface area (Å²) in [5.41, 5.74) is 10.3. The van der Waals surface area contributed by atoms with E-state index in [1.165, 1.54) is 0 Å². The van der Waals surface area contributed by atoms with Gasteiger partial charge in [0.15, 0.2) is 0 Å². The Hall–Kier alpha value is -4.44. The number of benzene rings is 1. The molecule has 2 atom stereocenters. The average Bonchev–Trinajstić information content (AvgIpc) is 3.55. The first-order valence-corrected chi connectivity index (χ1v) is 12.6. The Kier molecular flexibility index (Phi) is 7.23. The van der Waals surface area contributed by atoms with Crippen LogP contribution in [0.3, 0.4) is 0 Å². The molecule has 1 aromatic carbocycles. The number of nitrogens with one attached hydrogen (secondary N) is 2. The van der Waals surface area contributed by atoms with Gasteiger partial charge in [-0.05, 0) is 55.2 Å². The molecule has 0 radical (unpaired) electrons. The fourth-order valence-electron chi connectivity index (χ4n) is 5.05. The Bertz CT molecular complexity index is 1350. The predicted octanol–water partition coefficient (Wildman–Crippen LogP) is 2.58. The van der Waals surface area contributed by atoms with Crippen molar-refractivity contribution in [2.75, 3.05) is 25.6 Å². The highest BCUT2D eigenvalue weighted by Crippen LogP contribution is 2.35. The minimum absolute atomic E-state index is 0.0394. The fraction of sp³-hybridized carbons (Fsp3) is 0.286. The van der Waals surface area contributed by atoms with E-state index >= 15 is 0 Å². The number of nitrogens with two attached hydrogens (primary N) is 1. The van der Waals surface area contributed by atoms with Crippen LogP contribution in [0.15, 0.2) is 77.8 Å². The number of aromatic nitrogens is 1. The summed E-state index contributed by atoms with van der Waals surface area (Å²) >= 11 is 0. The number of fused-ring (bicyclic) bond motifs is 1. The summed E-state index contributed by atoms with van der Waals surface area (Å²) in [6.45, 7) is 3.02. The normalized spacial score (nSPS) is 20.5. The number of hydrogen-bond acceptors (Lipinski definition) is 8. The molecule has 2 aromatic rings. The van der Waals surface area contributed by atoms with Crippen molar-refractivity contribution in [3.63, 3.8) is 0 Å². The highest BCUT2D eigenvalue weighted by atomic mass is 16.5. The zero-order valence-electron chi connectivity index (χ0n) is 21.4. The van der Waals surface area contributed by atoms with Crippen molar-refractivity contribution in [1.29, 1.82) is 0 Å². The zero-order chi connectivity index (χ0) is 26.6. The molecule has 4 heterocycles. The topological polar surface area (TPSA) is 125 Å². The van der Waals surface area contributed by atoms with E-state index in [0.29, 0.717) is 30.4 Å². The van der Waals surface area contributed by atoms with Crippen molar-refractivity contribution in [3.8, 4) is 0 Å². The van der Waals surface area contributed by atoms with E-state index < -0.39 is 0 Å². The lowest BCUT2D eigenvalue weighted by atomic mass is 10.1. The second-order valence-corrected chi connectivity index (χ2v) is 9.38. The van der Waals surface area contributed by atoms with Crippen molar-refractivity contribution < 1.29 is 14.3 Å². The molecule has 0 spiro atoms. The summed E-state index contributed by atoms with van der Waals surface area (Å²) in [6, 6.07) is 10.9. The molecule has 196 valence electrons. The average molecular weight is 514 g/mol. The fourth-order valence-corrected chi connectivity index (χ4v) is 5.05. The summed E-state index contributed by atoms with van der Waals surface area (Å²) in [4.78, 5) is 38.2. The summed E-state index contributed by atoms with van der Waals surface area (Å²) in [5, 5.41) is 6.44. The monoisotopic (exact) mass is 513 g/mol. The van der Waals surface area contributed by atoms with Gasteiger partial charge in [0.1, 0.15) is 23.5 Å². The molecule has 10 nitrogen and oxygen atoms in total. The number of carbonyl (C=O) groups is 2. The first-order valence-electron chi connectivity index (χ1n) is 12.6. The maximum absolute atomic E-state index is 12.9. The Labute approximate surface area is 221 Å². The number of nitrogens with zero attached hydrogens (tertiary/aromatic N) is 4. The van der Waals surface area contributed by atoms with Crippen LogP contribution in [0.5, 0.6) is 0 Å². The third-order valence-electron chi connectivity index (χ3n) is 6.83. The molecular formula is C28H31N7O3. The predicted molar refractivity (Wildman–Crippen MR) is 146 cm³/mol. The van der Waals surface area contributed by atoms with E-state index in [1.807, 2.05) is 42.3 Å². The van der Waals surface area contributed by atoms with Gasteiger partial charge in [0, 0.05) is 43.9 Å². The number of carbonyl (C=O) groups excluding carboxylic acids is 2.